The maximum absolute atomic E-state index is 10.2. The lowest BCUT2D eigenvalue weighted by molar-refractivity contribution is 0.0476. The van der Waals surface area contributed by atoms with Gasteiger partial charge < -0.3 is 15.6 Å². The highest BCUT2D eigenvalue weighted by Gasteiger charge is 2.17. The third-order valence-corrected chi connectivity index (χ3v) is 1.27. The van der Waals surface area contributed by atoms with Crippen LogP contribution >= 0.6 is 0 Å². The molecule has 0 saturated carbocycles. The van der Waals surface area contributed by atoms with Crippen LogP contribution in [0.5, 0.6) is 0 Å². The third-order valence-electron chi connectivity index (χ3n) is 1.27. The van der Waals surface area contributed by atoms with Gasteiger partial charge in [0.2, 0.25) is 0 Å². The van der Waals surface area contributed by atoms with Crippen molar-refractivity contribution in [2.24, 2.45) is 11.1 Å². The molecule has 0 radical (unpaired) electrons. The number of aliphatic hydroxyl groups is 1. The molecule has 0 bridgehead atoms. The van der Waals surface area contributed by atoms with Crippen molar-refractivity contribution < 1.29 is 14.6 Å². The predicted molar refractivity (Wildman–Crippen MR) is 45.6 cm³/mol. The zero-order valence-electron chi connectivity index (χ0n) is 7.83. The van der Waals surface area contributed by atoms with Crippen LogP contribution in [0.1, 0.15) is 27.2 Å². The summed E-state index contributed by atoms with van der Waals surface area (Å²) in [4.78, 5) is 10.2. The molecule has 0 aromatic carbocycles. The van der Waals surface area contributed by atoms with Crippen molar-refractivity contribution in [2.75, 3.05) is 6.61 Å². The molecule has 0 aromatic heterocycles. The van der Waals surface area contributed by atoms with E-state index in [0.29, 0.717) is 6.42 Å². The van der Waals surface area contributed by atoms with Gasteiger partial charge in [-0.1, -0.05) is 20.8 Å². The highest BCUT2D eigenvalue weighted by Crippen LogP contribution is 2.20. The number of amides is 1. The Morgan fingerprint density at radius 3 is 2.42 bits per heavy atom. The van der Waals surface area contributed by atoms with E-state index in [2.05, 4.69) is 4.74 Å². The van der Waals surface area contributed by atoms with Crippen LogP contribution in [0.15, 0.2) is 0 Å². The van der Waals surface area contributed by atoms with Crippen LogP contribution in [0.25, 0.3) is 0 Å². The molecule has 0 aromatic rings. The fourth-order valence-corrected chi connectivity index (χ4v) is 0.944. The topological polar surface area (TPSA) is 72.6 Å². The first-order valence-corrected chi connectivity index (χ1v) is 3.91. The highest BCUT2D eigenvalue weighted by molar-refractivity contribution is 5.64. The summed E-state index contributed by atoms with van der Waals surface area (Å²) in [7, 11) is 0. The van der Waals surface area contributed by atoms with E-state index in [9.17, 15) is 9.90 Å². The fraction of sp³-hybridized carbons (Fsp3) is 0.875. The Kier molecular flexibility index (Phi) is 4.03. The Labute approximate surface area is 72.7 Å². The lowest BCUT2D eigenvalue weighted by atomic mass is 9.89. The van der Waals surface area contributed by atoms with Gasteiger partial charge in [0.1, 0.15) is 6.61 Å². The van der Waals surface area contributed by atoms with Crippen molar-refractivity contribution in [3.8, 4) is 0 Å². The van der Waals surface area contributed by atoms with Gasteiger partial charge in [-0.3, -0.25) is 0 Å². The molecule has 0 aliphatic heterocycles. The van der Waals surface area contributed by atoms with Gasteiger partial charge >= 0.3 is 6.09 Å². The third kappa shape index (κ3) is 7.34. The van der Waals surface area contributed by atoms with E-state index in [1.807, 2.05) is 20.8 Å². The summed E-state index contributed by atoms with van der Waals surface area (Å²) >= 11 is 0. The number of aliphatic hydroxyl groups excluding tert-OH is 1. The number of hydrogen-bond donors (Lipinski definition) is 2. The Balaban J connectivity index is 3.60. The second-order valence-corrected chi connectivity index (χ2v) is 4.05. The maximum atomic E-state index is 10.2. The molecule has 12 heavy (non-hydrogen) atoms. The minimum Gasteiger partial charge on any atom is -0.447 e. The first-order chi connectivity index (χ1) is 5.31. The van der Waals surface area contributed by atoms with Gasteiger partial charge in [0, 0.05) is 0 Å². The van der Waals surface area contributed by atoms with E-state index in [1.165, 1.54) is 0 Å². The molecule has 0 aliphatic rings. The summed E-state index contributed by atoms with van der Waals surface area (Å²) in [5.74, 6) is 0. The Morgan fingerprint density at radius 1 is 1.58 bits per heavy atom. The molecule has 1 atom stereocenters. The summed E-state index contributed by atoms with van der Waals surface area (Å²) in [6, 6.07) is 0. The van der Waals surface area contributed by atoms with Crippen LogP contribution in [-0.4, -0.2) is 23.9 Å². The van der Waals surface area contributed by atoms with E-state index in [-0.39, 0.29) is 12.0 Å². The zero-order chi connectivity index (χ0) is 9.78. The monoisotopic (exact) mass is 175 g/mol. The molecule has 1 amide bonds. The quantitative estimate of drug-likeness (QED) is 0.668. The largest absolute Gasteiger partial charge is 0.447 e. The summed E-state index contributed by atoms with van der Waals surface area (Å²) in [6.45, 7) is 5.98. The molecule has 0 spiro atoms. The second kappa shape index (κ2) is 4.30. The molecule has 72 valence electrons. The molecule has 0 fully saturated rings. The molecule has 0 saturated heterocycles. The van der Waals surface area contributed by atoms with E-state index in [0.717, 1.165) is 0 Å². The second-order valence-electron chi connectivity index (χ2n) is 4.05. The van der Waals surface area contributed by atoms with Gasteiger partial charge in [-0.2, -0.15) is 0 Å². The van der Waals surface area contributed by atoms with Gasteiger partial charge in [0.05, 0.1) is 6.10 Å². The van der Waals surface area contributed by atoms with Crippen molar-refractivity contribution in [1.29, 1.82) is 0 Å². The fourth-order valence-electron chi connectivity index (χ4n) is 0.944. The minimum absolute atomic E-state index is 0.0212. The standard InChI is InChI=1S/C8H17NO3/c1-8(2,3)4-6(10)5-12-7(9)11/h6,10H,4-5H2,1-3H3,(H2,9,11)/t6-/m0/s1. The van der Waals surface area contributed by atoms with Gasteiger partial charge in [0.25, 0.3) is 0 Å². The smallest absolute Gasteiger partial charge is 0.404 e. The van der Waals surface area contributed by atoms with Crippen LogP contribution in [0, 0.1) is 5.41 Å². The van der Waals surface area contributed by atoms with E-state index in [1.54, 1.807) is 0 Å². The summed E-state index contributed by atoms with van der Waals surface area (Å²) in [6.07, 6.45) is -0.888. The van der Waals surface area contributed by atoms with Crippen molar-refractivity contribution in [3.63, 3.8) is 0 Å². The molecule has 0 heterocycles. The van der Waals surface area contributed by atoms with Crippen LogP contribution in [0.2, 0.25) is 0 Å². The lowest BCUT2D eigenvalue weighted by Gasteiger charge is -2.21. The molecular formula is C8H17NO3. The number of primary amides is 1. The number of ether oxygens (including phenoxy) is 1. The highest BCUT2D eigenvalue weighted by atomic mass is 16.6. The molecule has 4 nitrogen and oxygen atoms in total. The van der Waals surface area contributed by atoms with Crippen LogP contribution in [0.3, 0.4) is 0 Å². The van der Waals surface area contributed by atoms with Crippen molar-refractivity contribution in [2.45, 2.75) is 33.3 Å². The molecule has 3 N–H and O–H groups in total. The van der Waals surface area contributed by atoms with Gasteiger partial charge in [-0.05, 0) is 11.8 Å². The minimum atomic E-state index is -0.844. The Bertz CT molecular complexity index is 151. The van der Waals surface area contributed by atoms with E-state index < -0.39 is 12.2 Å². The molecule has 0 aliphatic carbocycles. The lowest BCUT2D eigenvalue weighted by Crippen LogP contribution is -2.26. The summed E-state index contributed by atoms with van der Waals surface area (Å²) < 4.78 is 4.44. The number of carbonyl (C=O) groups excluding carboxylic acids is 1. The number of hydrogen-bond acceptors (Lipinski definition) is 3. The normalized spacial score (nSPS) is 14.0. The number of rotatable bonds is 3. The Hall–Kier alpha value is -0.770. The first-order valence-electron chi connectivity index (χ1n) is 3.91. The van der Waals surface area contributed by atoms with E-state index >= 15 is 0 Å². The van der Waals surface area contributed by atoms with Crippen LogP contribution in [0.4, 0.5) is 4.79 Å². The van der Waals surface area contributed by atoms with Crippen LogP contribution in [-0.2, 0) is 4.74 Å². The van der Waals surface area contributed by atoms with Gasteiger partial charge in [-0.25, -0.2) is 4.79 Å². The molecule has 0 unspecified atom stereocenters. The van der Waals surface area contributed by atoms with Gasteiger partial charge in [0.15, 0.2) is 0 Å². The molecule has 4 heteroatoms. The summed E-state index contributed by atoms with van der Waals surface area (Å²) in [5, 5.41) is 9.30. The average molecular weight is 175 g/mol. The maximum Gasteiger partial charge on any atom is 0.404 e. The van der Waals surface area contributed by atoms with Crippen molar-refractivity contribution in [3.05, 3.63) is 0 Å². The molecule has 0 rings (SSSR count). The van der Waals surface area contributed by atoms with Crippen molar-refractivity contribution in [1.82, 2.24) is 0 Å². The predicted octanol–water partition coefficient (Wildman–Crippen LogP) is 0.879. The van der Waals surface area contributed by atoms with E-state index in [4.69, 9.17) is 5.73 Å². The number of nitrogens with two attached hydrogens (primary N) is 1. The van der Waals surface area contributed by atoms with Gasteiger partial charge in [-0.15, -0.1) is 0 Å². The SMILES string of the molecule is CC(C)(C)C[C@H](O)COC(N)=O. The van der Waals surface area contributed by atoms with Crippen LogP contribution < -0.4 is 5.73 Å². The summed E-state index contributed by atoms with van der Waals surface area (Å²) in [5.41, 5.74) is 4.76. The molecular weight excluding hydrogens is 158 g/mol. The zero-order valence-corrected chi connectivity index (χ0v) is 7.83. The van der Waals surface area contributed by atoms with Crippen molar-refractivity contribution >= 4 is 6.09 Å². The Morgan fingerprint density at radius 2 is 2.08 bits per heavy atom. The average Bonchev–Trinajstić information content (AvgIpc) is 1.79. The number of carbonyl (C=O) groups is 1. The first kappa shape index (κ1) is 11.2.